The Kier molecular flexibility index (Phi) is 5.02. The number of halogens is 1. The maximum atomic E-state index is 11.9. The Balaban J connectivity index is 1.89. The molecule has 0 unspecified atom stereocenters. The molecular weight excluding hydrogens is 262 g/mol. The van der Waals surface area contributed by atoms with Gasteiger partial charge in [0, 0.05) is 37.9 Å². The molecule has 1 aromatic rings. The SMILES string of the molecule is CCCNC(=O)C1CCN(c2ccncc2Cl)CC1. The van der Waals surface area contributed by atoms with Gasteiger partial charge in [-0.3, -0.25) is 9.78 Å². The van der Waals surface area contributed by atoms with Crippen LogP contribution < -0.4 is 10.2 Å². The number of amides is 1. The van der Waals surface area contributed by atoms with E-state index in [2.05, 4.69) is 22.1 Å². The van der Waals surface area contributed by atoms with E-state index < -0.39 is 0 Å². The Labute approximate surface area is 119 Å². The van der Waals surface area contributed by atoms with Crippen LogP contribution >= 0.6 is 11.6 Å². The molecule has 0 aliphatic carbocycles. The average molecular weight is 282 g/mol. The molecule has 0 bridgehead atoms. The van der Waals surface area contributed by atoms with Gasteiger partial charge in [-0.25, -0.2) is 0 Å². The highest BCUT2D eigenvalue weighted by Gasteiger charge is 2.25. The van der Waals surface area contributed by atoms with Gasteiger partial charge in [-0.2, -0.15) is 0 Å². The van der Waals surface area contributed by atoms with Crippen molar-refractivity contribution in [2.75, 3.05) is 24.5 Å². The second kappa shape index (κ2) is 6.75. The number of rotatable bonds is 4. The van der Waals surface area contributed by atoms with Crippen LogP contribution in [0.15, 0.2) is 18.5 Å². The summed E-state index contributed by atoms with van der Waals surface area (Å²) in [6, 6.07) is 1.93. The lowest BCUT2D eigenvalue weighted by atomic mass is 9.95. The van der Waals surface area contributed by atoms with Crippen LogP contribution in [0, 0.1) is 5.92 Å². The lowest BCUT2D eigenvalue weighted by Gasteiger charge is -2.33. The third-order valence-electron chi connectivity index (χ3n) is 3.51. The van der Waals surface area contributed by atoms with Gasteiger partial charge in [0.15, 0.2) is 0 Å². The molecule has 0 saturated carbocycles. The van der Waals surface area contributed by atoms with E-state index in [0.717, 1.165) is 44.6 Å². The van der Waals surface area contributed by atoms with Crippen molar-refractivity contribution in [3.8, 4) is 0 Å². The fourth-order valence-corrected chi connectivity index (χ4v) is 2.64. The zero-order chi connectivity index (χ0) is 13.7. The van der Waals surface area contributed by atoms with Crippen LogP contribution in [0.3, 0.4) is 0 Å². The average Bonchev–Trinajstić information content (AvgIpc) is 2.45. The standard InChI is InChI=1S/C14H20ClN3O/c1-2-6-17-14(19)11-4-8-18(9-5-11)13-3-7-16-10-12(13)15/h3,7,10-11H,2,4-6,8-9H2,1H3,(H,17,19). The zero-order valence-corrected chi connectivity index (χ0v) is 12.0. The first-order valence-corrected chi connectivity index (χ1v) is 7.22. The Morgan fingerprint density at radius 2 is 2.26 bits per heavy atom. The lowest BCUT2D eigenvalue weighted by molar-refractivity contribution is -0.125. The van der Waals surface area contributed by atoms with E-state index in [-0.39, 0.29) is 11.8 Å². The molecule has 1 aliphatic heterocycles. The molecule has 1 aromatic heterocycles. The predicted octanol–water partition coefficient (Wildman–Crippen LogP) is 2.48. The predicted molar refractivity (Wildman–Crippen MR) is 77.5 cm³/mol. The molecule has 0 aromatic carbocycles. The van der Waals surface area contributed by atoms with E-state index in [1.54, 1.807) is 12.4 Å². The van der Waals surface area contributed by atoms with Crippen molar-refractivity contribution < 1.29 is 4.79 Å². The number of carbonyl (C=O) groups is 1. The minimum atomic E-state index is 0.142. The fourth-order valence-electron chi connectivity index (χ4n) is 2.40. The highest BCUT2D eigenvalue weighted by atomic mass is 35.5. The third kappa shape index (κ3) is 3.60. The summed E-state index contributed by atoms with van der Waals surface area (Å²) in [5.74, 6) is 0.339. The van der Waals surface area contributed by atoms with E-state index in [1.807, 2.05) is 6.07 Å². The van der Waals surface area contributed by atoms with Crippen LogP contribution in [0.1, 0.15) is 26.2 Å². The number of nitrogens with zero attached hydrogens (tertiary/aromatic N) is 2. The van der Waals surface area contributed by atoms with E-state index in [0.29, 0.717) is 5.02 Å². The third-order valence-corrected chi connectivity index (χ3v) is 3.80. The van der Waals surface area contributed by atoms with Gasteiger partial charge in [0.25, 0.3) is 0 Å². The Bertz CT molecular complexity index is 430. The summed E-state index contributed by atoms with van der Waals surface area (Å²) in [6.07, 6.45) is 6.16. The molecule has 1 amide bonds. The van der Waals surface area contributed by atoms with Crippen LogP contribution in [0.25, 0.3) is 0 Å². The first-order valence-electron chi connectivity index (χ1n) is 6.84. The summed E-state index contributed by atoms with van der Waals surface area (Å²) in [5, 5.41) is 3.65. The highest BCUT2D eigenvalue weighted by Crippen LogP contribution is 2.28. The summed E-state index contributed by atoms with van der Waals surface area (Å²) < 4.78 is 0. The largest absolute Gasteiger partial charge is 0.370 e. The molecule has 1 fully saturated rings. The van der Waals surface area contributed by atoms with Crippen LogP contribution in [0.2, 0.25) is 5.02 Å². The first-order chi connectivity index (χ1) is 9.22. The van der Waals surface area contributed by atoms with Gasteiger partial charge in [0.1, 0.15) is 0 Å². The van der Waals surface area contributed by atoms with Crippen LogP contribution in [0.4, 0.5) is 5.69 Å². The topological polar surface area (TPSA) is 45.2 Å². The monoisotopic (exact) mass is 281 g/mol. The van der Waals surface area contributed by atoms with Gasteiger partial charge in [0.05, 0.1) is 10.7 Å². The molecule has 1 aliphatic rings. The van der Waals surface area contributed by atoms with E-state index in [1.165, 1.54) is 0 Å². The van der Waals surface area contributed by atoms with E-state index in [9.17, 15) is 4.79 Å². The molecule has 1 saturated heterocycles. The highest BCUT2D eigenvalue weighted by molar-refractivity contribution is 6.33. The number of anilines is 1. The number of aromatic nitrogens is 1. The van der Waals surface area contributed by atoms with Crippen LogP contribution in [0.5, 0.6) is 0 Å². The normalized spacial score (nSPS) is 16.4. The summed E-state index contributed by atoms with van der Waals surface area (Å²) in [5.41, 5.74) is 1.02. The molecule has 0 atom stereocenters. The Morgan fingerprint density at radius 1 is 1.53 bits per heavy atom. The number of piperidine rings is 1. The van der Waals surface area contributed by atoms with Gasteiger partial charge in [-0.1, -0.05) is 18.5 Å². The van der Waals surface area contributed by atoms with E-state index >= 15 is 0 Å². The van der Waals surface area contributed by atoms with Crippen LogP contribution in [-0.2, 0) is 4.79 Å². The Morgan fingerprint density at radius 3 is 2.89 bits per heavy atom. The number of nitrogens with one attached hydrogen (secondary N) is 1. The Hall–Kier alpha value is -1.29. The first kappa shape index (κ1) is 14.1. The fraction of sp³-hybridized carbons (Fsp3) is 0.571. The number of pyridine rings is 1. The van der Waals surface area contributed by atoms with Crippen LogP contribution in [-0.4, -0.2) is 30.5 Å². The molecule has 5 heteroatoms. The number of carbonyl (C=O) groups excluding carboxylic acids is 1. The molecule has 1 N–H and O–H groups in total. The van der Waals surface area contributed by atoms with Gasteiger partial charge in [0.2, 0.25) is 5.91 Å². The minimum Gasteiger partial charge on any atom is -0.370 e. The molecular formula is C14H20ClN3O. The number of hydrogen-bond acceptors (Lipinski definition) is 3. The molecule has 19 heavy (non-hydrogen) atoms. The zero-order valence-electron chi connectivity index (χ0n) is 11.2. The van der Waals surface area contributed by atoms with Gasteiger partial charge in [-0.05, 0) is 25.3 Å². The number of hydrogen-bond donors (Lipinski definition) is 1. The summed E-state index contributed by atoms with van der Waals surface area (Å²) in [6.45, 7) is 4.57. The van der Waals surface area contributed by atoms with Crippen molar-refractivity contribution in [1.82, 2.24) is 10.3 Å². The van der Waals surface area contributed by atoms with Gasteiger partial charge >= 0.3 is 0 Å². The quantitative estimate of drug-likeness (QED) is 0.922. The van der Waals surface area contributed by atoms with Gasteiger partial charge < -0.3 is 10.2 Å². The molecule has 2 heterocycles. The van der Waals surface area contributed by atoms with Crippen molar-refractivity contribution in [3.05, 3.63) is 23.5 Å². The summed E-state index contributed by atoms with van der Waals surface area (Å²) in [7, 11) is 0. The second-order valence-corrected chi connectivity index (χ2v) is 5.29. The van der Waals surface area contributed by atoms with Crippen molar-refractivity contribution in [3.63, 3.8) is 0 Å². The van der Waals surface area contributed by atoms with Crippen molar-refractivity contribution in [2.24, 2.45) is 5.92 Å². The maximum absolute atomic E-state index is 11.9. The van der Waals surface area contributed by atoms with Crippen molar-refractivity contribution in [2.45, 2.75) is 26.2 Å². The maximum Gasteiger partial charge on any atom is 0.223 e. The molecule has 0 spiro atoms. The van der Waals surface area contributed by atoms with E-state index in [4.69, 9.17) is 11.6 Å². The molecule has 0 radical (unpaired) electrons. The van der Waals surface area contributed by atoms with Gasteiger partial charge in [-0.15, -0.1) is 0 Å². The second-order valence-electron chi connectivity index (χ2n) is 4.88. The van der Waals surface area contributed by atoms with Crippen molar-refractivity contribution in [1.29, 1.82) is 0 Å². The molecule has 104 valence electrons. The summed E-state index contributed by atoms with van der Waals surface area (Å²) >= 11 is 6.14. The lowest BCUT2D eigenvalue weighted by Crippen LogP contribution is -2.40. The van der Waals surface area contributed by atoms with Crippen molar-refractivity contribution >= 4 is 23.2 Å². The summed E-state index contributed by atoms with van der Waals surface area (Å²) in [4.78, 5) is 18.1. The smallest absolute Gasteiger partial charge is 0.223 e. The minimum absolute atomic E-state index is 0.142. The molecule has 2 rings (SSSR count). The molecule has 4 nitrogen and oxygen atoms in total.